The van der Waals surface area contributed by atoms with E-state index >= 15 is 0 Å². The van der Waals surface area contributed by atoms with E-state index in [0.717, 1.165) is 6.54 Å². The summed E-state index contributed by atoms with van der Waals surface area (Å²) in [7, 11) is 2.18. The second-order valence-electron chi connectivity index (χ2n) is 4.52. The number of nitrogens with zero attached hydrogens (tertiary/aromatic N) is 2. The van der Waals surface area contributed by atoms with Gasteiger partial charge in [-0.05, 0) is 37.7 Å². The maximum Gasteiger partial charge on any atom is 0.0497 e. The van der Waals surface area contributed by atoms with E-state index < -0.39 is 0 Å². The van der Waals surface area contributed by atoms with Gasteiger partial charge in [-0.25, -0.2) is 0 Å². The largest absolute Gasteiger partial charge is 0.319 e. The van der Waals surface area contributed by atoms with Crippen molar-refractivity contribution in [1.82, 2.24) is 9.47 Å². The highest BCUT2D eigenvalue weighted by Crippen LogP contribution is 2.30. The van der Waals surface area contributed by atoms with Crippen LogP contribution in [0.1, 0.15) is 24.2 Å². The van der Waals surface area contributed by atoms with Crippen molar-refractivity contribution in [1.29, 1.82) is 0 Å². The molecule has 0 radical (unpaired) electrons. The third-order valence-corrected chi connectivity index (χ3v) is 3.54. The van der Waals surface area contributed by atoms with Gasteiger partial charge in [0.15, 0.2) is 0 Å². The maximum absolute atomic E-state index is 2.39. The fourth-order valence-corrected chi connectivity index (χ4v) is 2.46. The molecule has 0 saturated heterocycles. The van der Waals surface area contributed by atoms with Gasteiger partial charge in [-0.3, -0.25) is 4.90 Å². The van der Waals surface area contributed by atoms with E-state index in [1.165, 1.54) is 16.9 Å². The van der Waals surface area contributed by atoms with E-state index in [2.05, 4.69) is 66.0 Å². The number of fused-ring (bicyclic) bond motifs is 3. The number of benzene rings is 1. The van der Waals surface area contributed by atoms with Crippen molar-refractivity contribution in [3.8, 4) is 5.69 Å². The van der Waals surface area contributed by atoms with Gasteiger partial charge in [0.05, 0.1) is 0 Å². The van der Waals surface area contributed by atoms with Gasteiger partial charge in [0, 0.05) is 30.2 Å². The summed E-state index contributed by atoms with van der Waals surface area (Å²) >= 11 is 0. The molecule has 1 aromatic heterocycles. The van der Waals surface area contributed by atoms with Crippen LogP contribution >= 0.6 is 0 Å². The van der Waals surface area contributed by atoms with Crippen molar-refractivity contribution >= 4 is 0 Å². The Morgan fingerprint density at radius 1 is 1.12 bits per heavy atom. The maximum atomic E-state index is 2.39. The van der Waals surface area contributed by atoms with Gasteiger partial charge in [0.1, 0.15) is 0 Å². The molecule has 0 N–H and O–H groups in total. The van der Waals surface area contributed by atoms with Gasteiger partial charge in [-0.1, -0.05) is 18.2 Å². The molecule has 2 nitrogen and oxygen atoms in total. The zero-order valence-electron chi connectivity index (χ0n) is 9.72. The number of para-hydroxylation sites is 1. The van der Waals surface area contributed by atoms with Gasteiger partial charge in [-0.15, -0.1) is 0 Å². The van der Waals surface area contributed by atoms with Crippen molar-refractivity contribution in [2.24, 2.45) is 0 Å². The van der Waals surface area contributed by atoms with Crippen LogP contribution in [0.2, 0.25) is 0 Å². The van der Waals surface area contributed by atoms with Crippen LogP contribution in [0.5, 0.6) is 0 Å². The summed E-state index contributed by atoms with van der Waals surface area (Å²) in [4.78, 5) is 2.39. The number of hydrogen-bond donors (Lipinski definition) is 0. The zero-order valence-corrected chi connectivity index (χ0v) is 9.72. The van der Waals surface area contributed by atoms with Crippen molar-refractivity contribution < 1.29 is 0 Å². The molecule has 0 spiro atoms. The van der Waals surface area contributed by atoms with Gasteiger partial charge in [0.25, 0.3) is 0 Å². The van der Waals surface area contributed by atoms with Gasteiger partial charge in [-0.2, -0.15) is 0 Å². The van der Waals surface area contributed by atoms with Crippen LogP contribution in [-0.2, 0) is 6.54 Å². The summed E-state index contributed by atoms with van der Waals surface area (Å²) in [5.74, 6) is 0. The number of rotatable bonds is 0. The molecule has 0 amide bonds. The predicted octanol–water partition coefficient (Wildman–Crippen LogP) is 2.98. The first-order valence-electron chi connectivity index (χ1n) is 5.73. The lowest BCUT2D eigenvalue weighted by Crippen LogP contribution is -2.20. The summed E-state index contributed by atoms with van der Waals surface area (Å²) < 4.78 is 2.31. The van der Waals surface area contributed by atoms with Crippen LogP contribution in [0.4, 0.5) is 0 Å². The molecule has 2 aromatic rings. The average Bonchev–Trinajstić information content (AvgIpc) is 2.74. The van der Waals surface area contributed by atoms with Crippen molar-refractivity contribution in [2.45, 2.75) is 19.5 Å². The van der Waals surface area contributed by atoms with Crippen molar-refractivity contribution in [3.63, 3.8) is 0 Å². The van der Waals surface area contributed by atoms with Gasteiger partial charge >= 0.3 is 0 Å². The lowest BCUT2D eigenvalue weighted by molar-refractivity contribution is 0.253. The predicted molar refractivity (Wildman–Crippen MR) is 65.7 cm³/mol. The Balaban J connectivity index is 2.27. The minimum Gasteiger partial charge on any atom is -0.319 e. The highest BCUT2D eigenvalue weighted by atomic mass is 15.2. The van der Waals surface area contributed by atoms with Gasteiger partial charge < -0.3 is 4.57 Å². The Kier molecular flexibility index (Phi) is 2.11. The lowest BCUT2D eigenvalue weighted by Gasteiger charge is -2.21. The molecule has 2 heterocycles. The second-order valence-corrected chi connectivity index (χ2v) is 4.52. The Hall–Kier alpha value is -1.54. The van der Waals surface area contributed by atoms with Crippen LogP contribution in [0, 0.1) is 0 Å². The summed E-state index contributed by atoms with van der Waals surface area (Å²) in [5, 5.41) is 0. The molecule has 1 unspecified atom stereocenters. The van der Waals surface area contributed by atoms with Crippen LogP contribution < -0.4 is 0 Å². The second kappa shape index (κ2) is 3.49. The quantitative estimate of drug-likeness (QED) is 0.651. The van der Waals surface area contributed by atoms with E-state index in [-0.39, 0.29) is 0 Å². The third kappa shape index (κ3) is 1.30. The Morgan fingerprint density at radius 3 is 2.81 bits per heavy atom. The molecule has 0 bridgehead atoms. The Bertz CT molecular complexity index is 513. The first-order chi connectivity index (χ1) is 7.77. The third-order valence-electron chi connectivity index (χ3n) is 3.54. The molecular weight excluding hydrogens is 196 g/mol. The first-order valence-corrected chi connectivity index (χ1v) is 5.73. The highest BCUT2D eigenvalue weighted by molar-refractivity contribution is 5.44. The van der Waals surface area contributed by atoms with E-state index in [9.17, 15) is 0 Å². The molecule has 1 aliphatic rings. The molecule has 16 heavy (non-hydrogen) atoms. The van der Waals surface area contributed by atoms with E-state index in [1.54, 1.807) is 0 Å². The summed E-state index contributed by atoms with van der Waals surface area (Å²) in [5.41, 5.74) is 4.08. The minimum absolute atomic E-state index is 0.461. The van der Waals surface area contributed by atoms with E-state index in [1.807, 2.05) is 0 Å². The van der Waals surface area contributed by atoms with E-state index in [4.69, 9.17) is 0 Å². The molecule has 0 aliphatic carbocycles. The Labute approximate surface area is 96.1 Å². The molecule has 2 heteroatoms. The zero-order chi connectivity index (χ0) is 11.1. The van der Waals surface area contributed by atoms with Crippen LogP contribution in [0.25, 0.3) is 5.69 Å². The van der Waals surface area contributed by atoms with Crippen LogP contribution in [0.15, 0.2) is 42.6 Å². The molecule has 1 aliphatic heterocycles. The summed E-state index contributed by atoms with van der Waals surface area (Å²) in [6.45, 7) is 3.27. The number of hydrogen-bond acceptors (Lipinski definition) is 1. The SMILES string of the molecule is CC1c2cccn2-c2ccccc2CN1C. The first kappa shape index (κ1) is 9.67. The molecule has 1 aromatic carbocycles. The fourth-order valence-electron chi connectivity index (χ4n) is 2.46. The monoisotopic (exact) mass is 212 g/mol. The Morgan fingerprint density at radius 2 is 1.94 bits per heavy atom. The molecule has 1 atom stereocenters. The highest BCUT2D eigenvalue weighted by Gasteiger charge is 2.21. The summed E-state index contributed by atoms with van der Waals surface area (Å²) in [6.07, 6.45) is 2.16. The van der Waals surface area contributed by atoms with E-state index in [0.29, 0.717) is 6.04 Å². The molecule has 3 rings (SSSR count). The van der Waals surface area contributed by atoms with Crippen LogP contribution in [0.3, 0.4) is 0 Å². The molecule has 82 valence electrons. The smallest absolute Gasteiger partial charge is 0.0497 e. The standard InChI is InChI=1S/C14H16N2/c1-11-13-8-5-9-16(13)14-7-4-3-6-12(14)10-15(11)2/h3-9,11H,10H2,1-2H3. The topological polar surface area (TPSA) is 8.17 Å². The molecular formula is C14H16N2. The fraction of sp³-hybridized carbons (Fsp3) is 0.286. The molecule has 0 fully saturated rings. The lowest BCUT2D eigenvalue weighted by atomic mass is 10.1. The summed E-state index contributed by atoms with van der Waals surface area (Å²) in [6, 6.07) is 13.4. The van der Waals surface area contributed by atoms with Crippen molar-refractivity contribution in [2.75, 3.05) is 7.05 Å². The minimum atomic E-state index is 0.461. The normalized spacial score (nSPS) is 20.0. The number of aromatic nitrogens is 1. The van der Waals surface area contributed by atoms with Gasteiger partial charge in [0.2, 0.25) is 0 Å². The average molecular weight is 212 g/mol. The van der Waals surface area contributed by atoms with Crippen LogP contribution in [-0.4, -0.2) is 16.5 Å². The van der Waals surface area contributed by atoms with Crippen molar-refractivity contribution in [3.05, 3.63) is 53.9 Å². The molecule has 0 saturated carbocycles.